The number of nitrogens with one attached hydrogen (secondary N) is 2. The number of aryl methyl sites for hydroxylation is 1. The molecule has 14 heteroatoms. The zero-order chi connectivity index (χ0) is 34.4. The molecule has 2 N–H and O–H groups in total. The van der Waals surface area contributed by atoms with Crippen molar-refractivity contribution in [1.29, 1.82) is 0 Å². The third-order valence-electron chi connectivity index (χ3n) is 7.92. The molecule has 4 heterocycles. The minimum atomic E-state index is -4.71. The van der Waals surface area contributed by atoms with Crippen molar-refractivity contribution in [3.63, 3.8) is 0 Å². The third kappa shape index (κ3) is 7.60. The van der Waals surface area contributed by atoms with Gasteiger partial charge in [0.05, 0.1) is 11.4 Å². The fraction of sp³-hybridized carbons (Fsp3) is 0.294. The zero-order valence-electron chi connectivity index (χ0n) is 26.7. The van der Waals surface area contributed by atoms with Crippen LogP contribution in [0.5, 0.6) is 0 Å². The van der Waals surface area contributed by atoms with Crippen LogP contribution in [-0.2, 0) is 22.2 Å². The predicted molar refractivity (Wildman–Crippen MR) is 174 cm³/mol. The zero-order valence-corrected chi connectivity index (χ0v) is 26.7. The molecular weight excluding hydrogens is 625 g/mol. The Balaban J connectivity index is 0.000000236. The van der Waals surface area contributed by atoms with E-state index in [1.165, 1.54) is 4.90 Å². The van der Waals surface area contributed by atoms with Crippen LogP contribution in [0.3, 0.4) is 0 Å². The summed E-state index contributed by atoms with van der Waals surface area (Å²) in [5.74, 6) is -1.37. The summed E-state index contributed by atoms with van der Waals surface area (Å²) in [6, 6.07) is 18.6. The second-order valence-corrected chi connectivity index (χ2v) is 11.1. The lowest BCUT2D eigenvalue weighted by Crippen LogP contribution is -2.53. The molecule has 11 nitrogen and oxygen atoms in total. The Bertz CT molecular complexity index is 1810. The van der Waals surface area contributed by atoms with Crippen LogP contribution in [0.4, 0.5) is 24.7 Å². The highest BCUT2D eigenvalue weighted by atomic mass is 19.4. The molecule has 0 fully saturated rings. The largest absolute Gasteiger partial charge is 0.433 e. The average Bonchev–Trinajstić information content (AvgIpc) is 3.71. The molecule has 0 bridgehead atoms. The first-order chi connectivity index (χ1) is 23.0. The van der Waals surface area contributed by atoms with Gasteiger partial charge >= 0.3 is 6.18 Å². The maximum atomic E-state index is 13.2. The van der Waals surface area contributed by atoms with E-state index >= 15 is 0 Å². The van der Waals surface area contributed by atoms with E-state index in [-0.39, 0.29) is 12.3 Å². The van der Waals surface area contributed by atoms with Gasteiger partial charge in [-0.1, -0.05) is 49.4 Å². The summed E-state index contributed by atoms with van der Waals surface area (Å²) < 4.78 is 40.4. The highest BCUT2D eigenvalue weighted by Crippen LogP contribution is 2.33. The number of amides is 3. The molecule has 250 valence electrons. The van der Waals surface area contributed by atoms with Crippen molar-refractivity contribution in [2.45, 2.75) is 39.4 Å². The van der Waals surface area contributed by atoms with Gasteiger partial charge in [-0.25, -0.2) is 14.6 Å². The summed E-state index contributed by atoms with van der Waals surface area (Å²) in [5.41, 5.74) is 2.72. The maximum absolute atomic E-state index is 13.2. The number of para-hydroxylation sites is 2. The summed E-state index contributed by atoms with van der Waals surface area (Å²) in [4.78, 5) is 48.2. The quantitative estimate of drug-likeness (QED) is 0.297. The number of carbonyl (C=O) groups is 3. The summed E-state index contributed by atoms with van der Waals surface area (Å²) in [5, 5.41) is 9.95. The number of hydrogen-bond donors (Lipinski definition) is 2. The van der Waals surface area contributed by atoms with Crippen molar-refractivity contribution < 1.29 is 27.6 Å². The molecule has 0 aliphatic carbocycles. The van der Waals surface area contributed by atoms with Gasteiger partial charge in [0, 0.05) is 49.1 Å². The van der Waals surface area contributed by atoms with E-state index in [0.29, 0.717) is 24.1 Å². The Morgan fingerprint density at radius 3 is 2.27 bits per heavy atom. The fourth-order valence-electron chi connectivity index (χ4n) is 5.41. The van der Waals surface area contributed by atoms with Crippen LogP contribution < -0.4 is 15.5 Å². The second-order valence-electron chi connectivity index (χ2n) is 11.1. The fourth-order valence-corrected chi connectivity index (χ4v) is 5.41. The normalized spacial score (nSPS) is 16.0. The number of nitrogens with zero attached hydrogens (tertiary/aromatic N) is 6. The van der Waals surface area contributed by atoms with Crippen LogP contribution in [0, 0.1) is 6.92 Å². The lowest BCUT2D eigenvalue weighted by atomic mass is 9.99. The Morgan fingerprint density at radius 1 is 0.958 bits per heavy atom. The molecule has 3 amide bonds. The Kier molecular flexibility index (Phi) is 10.3. The number of hydrogen-bond acceptors (Lipinski definition) is 7. The van der Waals surface area contributed by atoms with Gasteiger partial charge in [0.25, 0.3) is 17.7 Å². The van der Waals surface area contributed by atoms with E-state index in [4.69, 9.17) is 0 Å². The first kappa shape index (κ1) is 34.0. The SMILES string of the molecule is CCN1C(=O)C(NC(=O)c2nccc(C(F)(F)F)n2)Cc2c(C)nn(-c3ccccc3)c21.CCN1CC=C(C(=O)Nc2ccccc2)C1. The summed E-state index contributed by atoms with van der Waals surface area (Å²) >= 11 is 0. The van der Waals surface area contributed by atoms with Crippen LogP contribution in [0.2, 0.25) is 0 Å². The van der Waals surface area contributed by atoms with Gasteiger partial charge < -0.3 is 10.6 Å². The standard InChI is InChI=1S/C21H19F3N6O2.C13H16N2O/c1-3-29-19-14(12(2)28-30(19)13-7-5-4-6-8-13)11-15(20(29)32)26-18(31)17-25-10-9-16(27-17)21(22,23)24;1-2-15-9-8-11(10-15)13(16)14-12-6-4-3-5-7-12/h4-10,15H,3,11H2,1-2H3,(H,26,31);3-8H,2,9-10H2,1H3,(H,14,16). The smallest absolute Gasteiger partial charge is 0.337 e. The molecule has 2 aliphatic rings. The lowest BCUT2D eigenvalue weighted by Gasteiger charge is -2.32. The average molecular weight is 661 g/mol. The van der Waals surface area contributed by atoms with Gasteiger partial charge in [-0.3, -0.25) is 24.2 Å². The van der Waals surface area contributed by atoms with E-state index in [1.807, 2.05) is 66.7 Å². The van der Waals surface area contributed by atoms with Crippen molar-refractivity contribution >= 4 is 29.2 Å². The summed E-state index contributed by atoms with van der Waals surface area (Å²) in [7, 11) is 0. The topological polar surface area (TPSA) is 125 Å². The van der Waals surface area contributed by atoms with Crippen LogP contribution in [0.15, 0.2) is 84.6 Å². The Labute approximate surface area is 275 Å². The van der Waals surface area contributed by atoms with Crippen molar-refractivity contribution in [1.82, 2.24) is 30.0 Å². The van der Waals surface area contributed by atoms with E-state index in [1.54, 1.807) is 18.5 Å². The first-order valence-corrected chi connectivity index (χ1v) is 15.4. The number of aromatic nitrogens is 4. The number of benzene rings is 2. The molecule has 1 atom stereocenters. The third-order valence-corrected chi connectivity index (χ3v) is 7.92. The number of rotatable bonds is 7. The minimum absolute atomic E-state index is 0.0159. The van der Waals surface area contributed by atoms with Crippen LogP contribution in [0.1, 0.15) is 41.4 Å². The number of fused-ring (bicyclic) bond motifs is 1. The predicted octanol–water partition coefficient (Wildman–Crippen LogP) is 4.58. The van der Waals surface area contributed by atoms with Crippen molar-refractivity contribution in [2.24, 2.45) is 0 Å². The first-order valence-electron chi connectivity index (χ1n) is 15.4. The van der Waals surface area contributed by atoms with Crippen molar-refractivity contribution in [3.8, 4) is 5.69 Å². The van der Waals surface area contributed by atoms with Crippen molar-refractivity contribution in [2.75, 3.05) is 36.4 Å². The van der Waals surface area contributed by atoms with E-state index in [2.05, 4.69) is 37.5 Å². The summed E-state index contributed by atoms with van der Waals surface area (Å²) in [6.07, 6.45) is -1.70. The highest BCUT2D eigenvalue weighted by molar-refractivity contribution is 6.04. The van der Waals surface area contributed by atoms with Crippen LogP contribution >= 0.6 is 0 Å². The van der Waals surface area contributed by atoms with E-state index in [9.17, 15) is 27.6 Å². The molecular formula is C34H35F3N8O3. The molecule has 2 aromatic carbocycles. The molecule has 0 saturated carbocycles. The molecule has 1 unspecified atom stereocenters. The lowest BCUT2D eigenvalue weighted by molar-refractivity contribution is -0.141. The molecule has 2 aliphatic heterocycles. The number of alkyl halides is 3. The van der Waals surface area contributed by atoms with E-state index in [0.717, 1.165) is 48.3 Å². The van der Waals surface area contributed by atoms with E-state index < -0.39 is 35.6 Å². The highest BCUT2D eigenvalue weighted by Gasteiger charge is 2.38. The molecule has 0 radical (unpaired) electrons. The van der Waals surface area contributed by atoms with Crippen LogP contribution in [0.25, 0.3) is 5.69 Å². The number of likely N-dealkylation sites (N-methyl/N-ethyl adjacent to an activating group) is 2. The Hall–Kier alpha value is -5.37. The molecule has 2 aromatic heterocycles. The Morgan fingerprint density at radius 2 is 1.65 bits per heavy atom. The molecule has 4 aromatic rings. The monoisotopic (exact) mass is 660 g/mol. The molecule has 48 heavy (non-hydrogen) atoms. The number of anilines is 2. The van der Waals surface area contributed by atoms with Crippen LogP contribution in [-0.4, -0.2) is 74.6 Å². The molecule has 0 spiro atoms. The van der Waals surface area contributed by atoms with Gasteiger partial charge in [-0.15, -0.1) is 0 Å². The van der Waals surface area contributed by atoms with Gasteiger partial charge in [-0.05, 0) is 50.7 Å². The minimum Gasteiger partial charge on any atom is -0.337 e. The van der Waals surface area contributed by atoms with Gasteiger partial charge in [0.1, 0.15) is 17.6 Å². The van der Waals surface area contributed by atoms with Gasteiger partial charge in [-0.2, -0.15) is 18.3 Å². The maximum Gasteiger partial charge on any atom is 0.433 e. The number of carbonyl (C=O) groups excluding carboxylic acids is 3. The molecule has 0 saturated heterocycles. The second kappa shape index (κ2) is 14.6. The van der Waals surface area contributed by atoms with Gasteiger partial charge in [0.15, 0.2) is 0 Å². The van der Waals surface area contributed by atoms with Crippen molar-refractivity contribution in [3.05, 3.63) is 107 Å². The molecule has 6 rings (SSSR count). The number of halogens is 3. The summed E-state index contributed by atoms with van der Waals surface area (Å²) in [6.45, 7) is 8.64. The van der Waals surface area contributed by atoms with Gasteiger partial charge in [0.2, 0.25) is 5.82 Å².